The van der Waals surface area contributed by atoms with Crippen LogP contribution in [0.3, 0.4) is 0 Å². The first kappa shape index (κ1) is 17.3. The van der Waals surface area contributed by atoms with Crippen molar-refractivity contribution in [1.29, 1.82) is 0 Å². The fourth-order valence-electron chi connectivity index (χ4n) is 3.69. The maximum absolute atomic E-state index is 14.5. The number of nitrogens with zero attached hydrogens (tertiary/aromatic N) is 7. The maximum Gasteiger partial charge on any atom is 0.231 e. The van der Waals surface area contributed by atoms with Crippen molar-refractivity contribution in [2.75, 3.05) is 24.6 Å². The maximum atomic E-state index is 14.5. The number of hydrogen-bond donors (Lipinski definition) is 0. The summed E-state index contributed by atoms with van der Waals surface area (Å²) in [6.45, 7) is 3.89. The Morgan fingerprint density at radius 2 is 2.07 bits per heavy atom. The monoisotopic (exact) mass is 383 g/mol. The zero-order valence-electron chi connectivity index (χ0n) is 15.8. The molecule has 0 bridgehead atoms. The van der Waals surface area contributed by atoms with Gasteiger partial charge in [-0.05, 0) is 31.7 Å². The summed E-state index contributed by atoms with van der Waals surface area (Å²) in [7, 11) is 0. The van der Waals surface area contributed by atoms with Crippen LogP contribution in [0.2, 0.25) is 0 Å². The molecule has 1 saturated carbocycles. The largest absolute Gasteiger partial charge is 0.476 e. The molecule has 0 spiro atoms. The molecule has 9 heteroatoms. The fourth-order valence-corrected chi connectivity index (χ4v) is 3.69. The summed E-state index contributed by atoms with van der Waals surface area (Å²) >= 11 is 0. The topological polar surface area (TPSA) is 81.3 Å². The lowest BCUT2D eigenvalue weighted by Gasteiger charge is -2.18. The van der Waals surface area contributed by atoms with E-state index in [1.54, 1.807) is 4.52 Å². The highest BCUT2D eigenvalue weighted by atomic mass is 19.1. The minimum absolute atomic E-state index is 0.292. The fraction of sp³-hybridized carbons (Fsp3) is 0.526. The van der Waals surface area contributed by atoms with Gasteiger partial charge in [-0.2, -0.15) is 4.52 Å². The molecule has 1 saturated heterocycles. The van der Waals surface area contributed by atoms with Crippen LogP contribution in [0.5, 0.6) is 5.88 Å². The van der Waals surface area contributed by atoms with Crippen LogP contribution in [0.15, 0.2) is 18.5 Å². The van der Waals surface area contributed by atoms with Crippen molar-refractivity contribution in [3.05, 3.63) is 35.8 Å². The third-order valence-electron chi connectivity index (χ3n) is 5.44. The molecule has 2 aliphatic rings. The number of hydrogen-bond acceptors (Lipinski definition) is 7. The standard InChI is InChI=1S/C19H22FN7O/c1-2-14-17(20)19(22-11-21-14)26-8-7-12(9-26)10-28-16-6-5-15-23-24-18(13-3-4-13)27(15)25-16/h5-6,11-13H,2-4,7-10H2,1H3. The van der Waals surface area contributed by atoms with Gasteiger partial charge >= 0.3 is 0 Å². The lowest BCUT2D eigenvalue weighted by atomic mass is 10.1. The molecule has 8 nitrogen and oxygen atoms in total. The van der Waals surface area contributed by atoms with Gasteiger partial charge in [0.2, 0.25) is 5.88 Å². The Bertz CT molecular complexity index is 1000. The Morgan fingerprint density at radius 1 is 1.18 bits per heavy atom. The number of anilines is 1. The van der Waals surface area contributed by atoms with E-state index in [-0.39, 0.29) is 5.82 Å². The second kappa shape index (κ2) is 6.96. The quantitative estimate of drug-likeness (QED) is 0.646. The molecule has 4 heterocycles. The lowest BCUT2D eigenvalue weighted by molar-refractivity contribution is 0.248. The molecule has 1 aliphatic heterocycles. The molecule has 146 valence electrons. The molecule has 3 aromatic heterocycles. The van der Waals surface area contributed by atoms with Crippen molar-refractivity contribution in [3.8, 4) is 5.88 Å². The highest BCUT2D eigenvalue weighted by Gasteiger charge is 2.30. The van der Waals surface area contributed by atoms with Gasteiger partial charge < -0.3 is 9.64 Å². The Labute approximate surface area is 161 Å². The van der Waals surface area contributed by atoms with Crippen molar-refractivity contribution >= 4 is 11.5 Å². The van der Waals surface area contributed by atoms with E-state index in [0.29, 0.717) is 48.8 Å². The number of rotatable bonds is 6. The van der Waals surface area contributed by atoms with Gasteiger partial charge in [-0.15, -0.1) is 15.3 Å². The van der Waals surface area contributed by atoms with Crippen LogP contribution in [0.1, 0.15) is 43.6 Å². The van der Waals surface area contributed by atoms with Crippen LogP contribution in [0.4, 0.5) is 10.2 Å². The summed E-state index contributed by atoms with van der Waals surface area (Å²) in [5.41, 5.74) is 1.20. The average molecular weight is 383 g/mol. The van der Waals surface area contributed by atoms with E-state index in [9.17, 15) is 4.39 Å². The summed E-state index contributed by atoms with van der Waals surface area (Å²) in [4.78, 5) is 10.1. The average Bonchev–Trinajstić information content (AvgIpc) is 3.30. The summed E-state index contributed by atoms with van der Waals surface area (Å²) < 4.78 is 22.2. The highest BCUT2D eigenvalue weighted by Crippen LogP contribution is 2.38. The molecular weight excluding hydrogens is 361 g/mol. The number of ether oxygens (including phenoxy) is 1. The second-order valence-corrected chi connectivity index (χ2v) is 7.50. The van der Waals surface area contributed by atoms with Crippen LogP contribution in [0, 0.1) is 11.7 Å². The van der Waals surface area contributed by atoms with Gasteiger partial charge in [0.1, 0.15) is 6.33 Å². The van der Waals surface area contributed by atoms with E-state index < -0.39 is 0 Å². The van der Waals surface area contributed by atoms with Gasteiger partial charge in [-0.3, -0.25) is 0 Å². The van der Waals surface area contributed by atoms with E-state index in [0.717, 1.165) is 37.3 Å². The molecule has 0 N–H and O–H groups in total. The van der Waals surface area contributed by atoms with E-state index in [4.69, 9.17) is 4.74 Å². The number of aryl methyl sites for hydroxylation is 1. The van der Waals surface area contributed by atoms with Crippen LogP contribution < -0.4 is 9.64 Å². The Morgan fingerprint density at radius 3 is 2.89 bits per heavy atom. The van der Waals surface area contributed by atoms with E-state index >= 15 is 0 Å². The SMILES string of the molecule is CCc1ncnc(N2CCC(COc3ccc4nnc(C5CC5)n4n3)C2)c1F. The zero-order chi connectivity index (χ0) is 19.1. The smallest absolute Gasteiger partial charge is 0.231 e. The van der Waals surface area contributed by atoms with Gasteiger partial charge in [0.15, 0.2) is 23.1 Å². The molecule has 5 rings (SSSR count). The summed E-state index contributed by atoms with van der Waals surface area (Å²) in [5.74, 6) is 2.33. The number of fused-ring (bicyclic) bond motifs is 1. The number of halogens is 1. The lowest BCUT2D eigenvalue weighted by Crippen LogP contribution is -2.24. The molecule has 3 aromatic rings. The van der Waals surface area contributed by atoms with Gasteiger partial charge in [0, 0.05) is 31.0 Å². The van der Waals surface area contributed by atoms with Crippen LogP contribution in [0.25, 0.3) is 5.65 Å². The molecule has 28 heavy (non-hydrogen) atoms. The van der Waals surface area contributed by atoms with Crippen molar-refractivity contribution in [1.82, 2.24) is 29.8 Å². The molecule has 2 fully saturated rings. The van der Waals surface area contributed by atoms with Crippen LogP contribution >= 0.6 is 0 Å². The summed E-state index contributed by atoms with van der Waals surface area (Å²) in [5, 5.41) is 13.0. The van der Waals surface area contributed by atoms with Gasteiger partial charge in [0.05, 0.1) is 12.3 Å². The highest BCUT2D eigenvalue weighted by molar-refractivity contribution is 5.42. The van der Waals surface area contributed by atoms with Gasteiger partial charge in [0.25, 0.3) is 0 Å². The molecule has 1 aliphatic carbocycles. The first-order valence-electron chi connectivity index (χ1n) is 9.82. The first-order chi connectivity index (χ1) is 13.7. The van der Waals surface area contributed by atoms with E-state index in [2.05, 4.69) is 25.3 Å². The third kappa shape index (κ3) is 3.14. The van der Waals surface area contributed by atoms with Crippen molar-refractivity contribution in [2.45, 2.75) is 38.5 Å². The van der Waals surface area contributed by atoms with Gasteiger partial charge in [-0.1, -0.05) is 6.92 Å². The Kier molecular flexibility index (Phi) is 4.29. The minimum atomic E-state index is -0.307. The molecule has 0 aromatic carbocycles. The first-order valence-corrected chi connectivity index (χ1v) is 9.82. The predicted molar refractivity (Wildman–Crippen MR) is 99.9 cm³/mol. The molecule has 1 unspecified atom stereocenters. The summed E-state index contributed by atoms with van der Waals surface area (Å²) in [6.07, 6.45) is 5.21. The van der Waals surface area contributed by atoms with Crippen LogP contribution in [-0.4, -0.2) is 49.5 Å². The predicted octanol–water partition coefficient (Wildman–Crippen LogP) is 2.40. The minimum Gasteiger partial charge on any atom is -0.476 e. The normalized spacial score (nSPS) is 19.5. The second-order valence-electron chi connectivity index (χ2n) is 7.50. The van der Waals surface area contributed by atoms with Crippen molar-refractivity contribution in [2.24, 2.45) is 5.92 Å². The Balaban J connectivity index is 1.24. The van der Waals surface area contributed by atoms with Crippen molar-refractivity contribution in [3.63, 3.8) is 0 Å². The summed E-state index contributed by atoms with van der Waals surface area (Å²) in [6, 6.07) is 3.70. The third-order valence-corrected chi connectivity index (χ3v) is 5.44. The molecule has 0 radical (unpaired) electrons. The van der Waals surface area contributed by atoms with Gasteiger partial charge in [-0.25, -0.2) is 14.4 Å². The molecule has 1 atom stereocenters. The van der Waals surface area contributed by atoms with E-state index in [1.165, 1.54) is 6.33 Å². The van der Waals surface area contributed by atoms with Crippen molar-refractivity contribution < 1.29 is 9.13 Å². The van der Waals surface area contributed by atoms with Crippen LogP contribution in [-0.2, 0) is 6.42 Å². The van der Waals surface area contributed by atoms with E-state index in [1.807, 2.05) is 24.0 Å². The Hall–Kier alpha value is -2.84. The molecular formula is C19H22FN7O. The molecule has 0 amide bonds. The zero-order valence-corrected chi connectivity index (χ0v) is 15.8. The number of aromatic nitrogens is 6.